The summed E-state index contributed by atoms with van der Waals surface area (Å²) in [6, 6.07) is 6.39. The van der Waals surface area contributed by atoms with Crippen LogP contribution in [0.2, 0.25) is 0 Å². The van der Waals surface area contributed by atoms with E-state index in [1.165, 1.54) is 11.4 Å². The molecule has 2 rings (SSSR count). The predicted octanol–water partition coefficient (Wildman–Crippen LogP) is 2.51. The lowest BCUT2D eigenvalue weighted by atomic mass is 10.0. The Bertz CT molecular complexity index is 673. The summed E-state index contributed by atoms with van der Waals surface area (Å²) < 4.78 is 32.3. The van der Waals surface area contributed by atoms with Crippen molar-refractivity contribution in [1.82, 2.24) is 4.31 Å². The highest BCUT2D eigenvalue weighted by molar-refractivity contribution is 14.1. The third-order valence-corrected chi connectivity index (χ3v) is 7.78. The number of sulfonamides is 1. The minimum Gasteiger partial charge on any atom is -0.468 e. The highest BCUT2D eigenvalue weighted by Gasteiger charge is 2.57. The molecule has 0 saturated carbocycles. The van der Waals surface area contributed by atoms with E-state index in [1.54, 1.807) is 31.2 Å². The molecule has 122 valence electrons. The van der Waals surface area contributed by atoms with Crippen LogP contribution < -0.4 is 0 Å². The molecule has 0 aromatic heterocycles. The molecule has 0 radical (unpaired) electrons. The normalized spacial score (nSPS) is 29.5. The standard InChI is InChI=1S/C15H20INO4S/c1-10-5-7-12(8-6-10)22(19,20)17-11(2)13(16)9-15(17,3)14(18)21-4/h5-8,11,13H,9H2,1-4H3/t11-,13+,15+/m0/s1. The first kappa shape index (κ1) is 17.7. The van der Waals surface area contributed by atoms with E-state index in [0.29, 0.717) is 6.42 Å². The van der Waals surface area contributed by atoms with Gasteiger partial charge in [-0.15, -0.1) is 0 Å². The number of hydrogen-bond donors (Lipinski definition) is 0. The molecule has 1 aromatic rings. The Morgan fingerprint density at radius 2 is 1.91 bits per heavy atom. The molecule has 3 atom stereocenters. The number of carbonyl (C=O) groups excluding carboxylic acids is 1. The second-order valence-electron chi connectivity index (χ2n) is 5.84. The number of carbonyl (C=O) groups is 1. The van der Waals surface area contributed by atoms with Crippen molar-refractivity contribution in [2.75, 3.05) is 7.11 Å². The van der Waals surface area contributed by atoms with Crippen LogP contribution in [0.25, 0.3) is 0 Å². The largest absolute Gasteiger partial charge is 0.468 e. The molecular weight excluding hydrogens is 417 g/mol. The topological polar surface area (TPSA) is 63.7 Å². The second kappa shape index (κ2) is 6.09. The smallest absolute Gasteiger partial charge is 0.327 e. The van der Waals surface area contributed by atoms with E-state index in [-0.39, 0.29) is 14.9 Å². The average Bonchev–Trinajstić information content (AvgIpc) is 2.70. The van der Waals surface area contributed by atoms with Gasteiger partial charge in [0, 0.05) is 9.97 Å². The van der Waals surface area contributed by atoms with E-state index in [9.17, 15) is 13.2 Å². The Kier molecular flexibility index (Phi) is 4.89. The minimum absolute atomic E-state index is 0.0434. The number of halogens is 1. The van der Waals surface area contributed by atoms with Gasteiger partial charge in [0.15, 0.2) is 0 Å². The van der Waals surface area contributed by atoms with E-state index in [0.717, 1.165) is 5.56 Å². The molecule has 0 unspecified atom stereocenters. The SMILES string of the molecule is COC(=O)[C@@]1(C)C[C@@H](I)[C@H](C)N1S(=O)(=O)c1ccc(C)cc1. The van der Waals surface area contributed by atoms with Crippen molar-refractivity contribution in [2.24, 2.45) is 0 Å². The van der Waals surface area contributed by atoms with Gasteiger partial charge >= 0.3 is 5.97 Å². The number of ether oxygens (including phenoxy) is 1. The zero-order valence-electron chi connectivity index (χ0n) is 13.0. The van der Waals surface area contributed by atoms with Gasteiger partial charge in [0.25, 0.3) is 0 Å². The third kappa shape index (κ3) is 2.78. The molecule has 0 N–H and O–H groups in total. The van der Waals surface area contributed by atoms with Crippen molar-refractivity contribution in [3.05, 3.63) is 29.8 Å². The second-order valence-corrected chi connectivity index (χ2v) is 9.25. The lowest BCUT2D eigenvalue weighted by molar-refractivity contribution is -0.150. The van der Waals surface area contributed by atoms with E-state index in [2.05, 4.69) is 22.6 Å². The number of aryl methyl sites for hydroxylation is 1. The maximum absolute atomic E-state index is 13.1. The minimum atomic E-state index is -3.77. The van der Waals surface area contributed by atoms with E-state index < -0.39 is 21.5 Å². The predicted molar refractivity (Wildman–Crippen MR) is 92.5 cm³/mol. The summed E-state index contributed by atoms with van der Waals surface area (Å²) in [5.74, 6) is -0.519. The summed E-state index contributed by atoms with van der Waals surface area (Å²) in [4.78, 5) is 12.4. The van der Waals surface area contributed by atoms with Gasteiger partial charge in [0.05, 0.1) is 12.0 Å². The lowest BCUT2D eigenvalue weighted by Crippen LogP contribution is -2.53. The Balaban J connectivity index is 2.55. The fourth-order valence-electron chi connectivity index (χ4n) is 2.94. The van der Waals surface area contributed by atoms with Crippen LogP contribution in [0.15, 0.2) is 29.2 Å². The van der Waals surface area contributed by atoms with Gasteiger partial charge in [-0.05, 0) is 39.3 Å². The summed E-state index contributed by atoms with van der Waals surface area (Å²) in [5, 5.41) is 0. The van der Waals surface area contributed by atoms with Crippen LogP contribution in [0.1, 0.15) is 25.8 Å². The van der Waals surface area contributed by atoms with Crippen LogP contribution in [-0.4, -0.2) is 41.3 Å². The van der Waals surface area contributed by atoms with Crippen molar-refractivity contribution in [2.45, 2.75) is 47.6 Å². The van der Waals surface area contributed by atoms with Gasteiger partial charge in [0.1, 0.15) is 5.54 Å². The highest BCUT2D eigenvalue weighted by Crippen LogP contribution is 2.42. The Labute approximate surface area is 145 Å². The summed E-state index contributed by atoms with van der Waals surface area (Å²) in [7, 11) is -2.49. The zero-order valence-corrected chi connectivity index (χ0v) is 16.0. The van der Waals surface area contributed by atoms with Crippen LogP contribution in [0.5, 0.6) is 0 Å². The third-order valence-electron chi connectivity index (χ3n) is 4.18. The molecule has 1 aromatic carbocycles. The molecule has 1 fully saturated rings. The van der Waals surface area contributed by atoms with Crippen LogP contribution in [0.4, 0.5) is 0 Å². The van der Waals surface area contributed by atoms with Gasteiger partial charge in [-0.1, -0.05) is 40.3 Å². The number of esters is 1. The number of methoxy groups -OCH3 is 1. The van der Waals surface area contributed by atoms with Crippen molar-refractivity contribution >= 4 is 38.6 Å². The molecule has 0 amide bonds. The van der Waals surface area contributed by atoms with Crippen LogP contribution in [-0.2, 0) is 19.6 Å². The first-order valence-electron chi connectivity index (χ1n) is 6.98. The molecule has 1 aliphatic heterocycles. The Morgan fingerprint density at radius 3 is 2.41 bits per heavy atom. The molecule has 0 bridgehead atoms. The molecular formula is C15H20INO4S. The van der Waals surface area contributed by atoms with E-state index in [1.807, 2.05) is 13.8 Å². The molecule has 7 heteroatoms. The maximum atomic E-state index is 13.1. The summed E-state index contributed by atoms with van der Waals surface area (Å²) in [6.45, 7) is 5.37. The summed E-state index contributed by atoms with van der Waals surface area (Å²) in [6.07, 6.45) is 0.437. The van der Waals surface area contributed by atoms with Crippen LogP contribution in [0, 0.1) is 6.92 Å². The monoisotopic (exact) mass is 437 g/mol. The lowest BCUT2D eigenvalue weighted by Gasteiger charge is -2.33. The molecule has 0 spiro atoms. The van der Waals surface area contributed by atoms with Gasteiger partial charge in [-0.3, -0.25) is 4.79 Å². The summed E-state index contributed by atoms with van der Waals surface area (Å²) in [5.41, 5.74) is -0.195. The molecule has 22 heavy (non-hydrogen) atoms. The molecule has 5 nitrogen and oxygen atoms in total. The number of hydrogen-bond acceptors (Lipinski definition) is 4. The van der Waals surface area contributed by atoms with Crippen LogP contribution in [0.3, 0.4) is 0 Å². The van der Waals surface area contributed by atoms with Crippen molar-refractivity contribution in [1.29, 1.82) is 0 Å². The molecule has 1 aliphatic rings. The zero-order chi connectivity index (χ0) is 16.7. The van der Waals surface area contributed by atoms with Crippen molar-refractivity contribution < 1.29 is 17.9 Å². The van der Waals surface area contributed by atoms with Crippen LogP contribution >= 0.6 is 22.6 Å². The molecule has 1 saturated heterocycles. The first-order valence-corrected chi connectivity index (χ1v) is 9.67. The van der Waals surface area contributed by atoms with Crippen molar-refractivity contribution in [3.8, 4) is 0 Å². The Hall–Kier alpha value is -0.670. The fourth-order valence-corrected chi connectivity index (χ4v) is 6.31. The number of alkyl halides is 1. The van der Waals surface area contributed by atoms with Gasteiger partial charge in [0.2, 0.25) is 10.0 Å². The van der Waals surface area contributed by atoms with Crippen molar-refractivity contribution in [3.63, 3.8) is 0 Å². The van der Waals surface area contributed by atoms with Gasteiger partial charge in [-0.2, -0.15) is 4.31 Å². The fraction of sp³-hybridized carbons (Fsp3) is 0.533. The first-order chi connectivity index (χ1) is 10.1. The number of nitrogens with zero attached hydrogens (tertiary/aromatic N) is 1. The number of rotatable bonds is 3. The Morgan fingerprint density at radius 1 is 1.36 bits per heavy atom. The van der Waals surface area contributed by atoms with E-state index in [4.69, 9.17) is 4.74 Å². The molecule has 1 heterocycles. The average molecular weight is 437 g/mol. The van der Waals surface area contributed by atoms with E-state index >= 15 is 0 Å². The summed E-state index contributed by atoms with van der Waals surface area (Å²) >= 11 is 2.20. The van der Waals surface area contributed by atoms with Gasteiger partial charge < -0.3 is 4.74 Å². The number of benzene rings is 1. The molecule has 0 aliphatic carbocycles. The quantitative estimate of drug-likeness (QED) is 0.414. The highest BCUT2D eigenvalue weighted by atomic mass is 127. The maximum Gasteiger partial charge on any atom is 0.327 e. The van der Waals surface area contributed by atoms with Gasteiger partial charge in [-0.25, -0.2) is 8.42 Å².